The predicted molar refractivity (Wildman–Crippen MR) is 48.8 cm³/mol. The molecule has 0 heterocycles. The molecule has 0 atom stereocenters. The third kappa shape index (κ3) is 6.84. The van der Waals surface area contributed by atoms with Gasteiger partial charge in [-0.25, -0.2) is 0 Å². The first kappa shape index (κ1) is 11.5. The van der Waals surface area contributed by atoms with Crippen molar-refractivity contribution < 1.29 is 9.59 Å². The van der Waals surface area contributed by atoms with E-state index in [1.165, 1.54) is 7.05 Å². The molecule has 0 aliphatic carbocycles. The Hall–Kier alpha value is -1.54. The van der Waals surface area contributed by atoms with Crippen molar-refractivity contribution in [3.63, 3.8) is 0 Å². The summed E-state index contributed by atoms with van der Waals surface area (Å²) in [5.41, 5.74) is 0. The summed E-state index contributed by atoms with van der Waals surface area (Å²) in [5, 5.41) is 7.49. The lowest BCUT2D eigenvalue weighted by Crippen LogP contribution is -2.39. The molecule has 0 spiro atoms. The first-order chi connectivity index (χ1) is 6.20. The highest BCUT2D eigenvalue weighted by Crippen LogP contribution is 1.65. The lowest BCUT2D eigenvalue weighted by Gasteiger charge is -2.03. The number of likely N-dealkylation sites (N-methyl/N-ethyl adjacent to an activating group) is 1. The molecule has 2 amide bonds. The summed E-state index contributed by atoms with van der Waals surface area (Å²) in [6, 6.07) is 0. The van der Waals surface area contributed by atoms with E-state index in [9.17, 15) is 9.59 Å². The van der Waals surface area contributed by atoms with Crippen LogP contribution in [-0.2, 0) is 9.59 Å². The molecule has 5 nitrogen and oxygen atoms in total. The van der Waals surface area contributed by atoms with E-state index >= 15 is 0 Å². The van der Waals surface area contributed by atoms with Crippen LogP contribution >= 0.6 is 0 Å². The molecule has 0 saturated heterocycles. The monoisotopic (exact) mass is 183 g/mol. The van der Waals surface area contributed by atoms with Gasteiger partial charge in [-0.05, 0) is 0 Å². The Kier molecular flexibility index (Phi) is 6.28. The second-order valence-corrected chi connectivity index (χ2v) is 2.26. The third-order valence-electron chi connectivity index (χ3n) is 1.24. The summed E-state index contributed by atoms with van der Waals surface area (Å²) in [4.78, 5) is 21.6. The molecule has 0 aromatic carbocycles. The summed E-state index contributed by atoms with van der Waals surface area (Å²) in [6.45, 7) is 0.460. The quantitative estimate of drug-likeness (QED) is 0.343. The molecule has 0 fully saturated rings. The van der Waals surface area contributed by atoms with Gasteiger partial charge in [-0.3, -0.25) is 14.9 Å². The summed E-state index contributed by atoms with van der Waals surface area (Å²) in [7, 11) is 1.51. The van der Waals surface area contributed by atoms with E-state index in [0.29, 0.717) is 6.54 Å². The van der Waals surface area contributed by atoms with Crippen LogP contribution in [0.2, 0.25) is 0 Å². The number of nitrogens with one attached hydrogen (secondary N) is 3. The van der Waals surface area contributed by atoms with Gasteiger partial charge in [0.05, 0.1) is 19.6 Å². The minimum absolute atomic E-state index is 0.00688. The van der Waals surface area contributed by atoms with Gasteiger partial charge in [-0.1, -0.05) is 5.92 Å². The van der Waals surface area contributed by atoms with Crippen LogP contribution in [0, 0.1) is 12.3 Å². The summed E-state index contributed by atoms with van der Waals surface area (Å²) in [5.74, 6) is 1.85. The Bertz CT molecular complexity index is 220. The zero-order valence-corrected chi connectivity index (χ0v) is 7.52. The molecule has 3 N–H and O–H groups in total. The van der Waals surface area contributed by atoms with Crippen molar-refractivity contribution in [2.75, 3.05) is 26.7 Å². The van der Waals surface area contributed by atoms with Gasteiger partial charge in [-0.2, -0.15) is 0 Å². The molecular formula is C8H13N3O2. The van der Waals surface area contributed by atoms with Gasteiger partial charge >= 0.3 is 0 Å². The van der Waals surface area contributed by atoms with E-state index < -0.39 is 0 Å². The van der Waals surface area contributed by atoms with Gasteiger partial charge in [0.1, 0.15) is 0 Å². The van der Waals surface area contributed by atoms with Crippen molar-refractivity contribution >= 4 is 11.8 Å². The van der Waals surface area contributed by atoms with Crippen LogP contribution in [0.5, 0.6) is 0 Å². The molecule has 0 radical (unpaired) electrons. The normalized spacial score (nSPS) is 8.62. The number of amides is 2. The number of hydrogen-bond donors (Lipinski definition) is 3. The topological polar surface area (TPSA) is 70.2 Å². The Morgan fingerprint density at radius 3 is 2.54 bits per heavy atom. The zero-order chi connectivity index (χ0) is 10.1. The largest absolute Gasteiger partial charge is 0.358 e. The maximum atomic E-state index is 10.9. The molecule has 0 aliphatic heterocycles. The summed E-state index contributed by atoms with van der Waals surface area (Å²) in [6.07, 6.45) is 4.95. The minimum Gasteiger partial charge on any atom is -0.358 e. The number of carbonyl (C=O) groups is 2. The lowest BCUT2D eigenvalue weighted by atomic mass is 10.5. The molecule has 0 saturated carbocycles. The smallest absolute Gasteiger partial charge is 0.239 e. The fraction of sp³-hybridized carbons (Fsp3) is 0.500. The van der Waals surface area contributed by atoms with Gasteiger partial charge in [0, 0.05) is 7.05 Å². The molecule has 0 rings (SSSR count). The Balaban J connectivity index is 3.42. The molecule has 0 aliphatic rings. The Morgan fingerprint density at radius 2 is 2.00 bits per heavy atom. The van der Waals surface area contributed by atoms with Crippen LogP contribution in [0.15, 0.2) is 0 Å². The number of hydrogen-bond acceptors (Lipinski definition) is 3. The highest BCUT2D eigenvalue weighted by Gasteiger charge is 2.01. The van der Waals surface area contributed by atoms with Crippen LogP contribution in [0.1, 0.15) is 0 Å². The first-order valence-electron chi connectivity index (χ1n) is 3.82. The van der Waals surface area contributed by atoms with Gasteiger partial charge < -0.3 is 10.6 Å². The molecule has 5 heteroatoms. The molecule has 0 aromatic heterocycles. The number of terminal acetylenes is 1. The zero-order valence-electron chi connectivity index (χ0n) is 7.52. The first-order valence-corrected chi connectivity index (χ1v) is 3.82. The lowest BCUT2D eigenvalue weighted by molar-refractivity contribution is -0.125. The maximum absolute atomic E-state index is 10.9. The second-order valence-electron chi connectivity index (χ2n) is 2.26. The summed E-state index contributed by atoms with van der Waals surface area (Å²) >= 11 is 0. The SMILES string of the molecule is C#CCNCC(=O)NCC(=O)NC. The van der Waals surface area contributed by atoms with Crippen molar-refractivity contribution in [1.29, 1.82) is 0 Å². The fourth-order valence-corrected chi connectivity index (χ4v) is 0.578. The number of rotatable bonds is 5. The Morgan fingerprint density at radius 1 is 1.31 bits per heavy atom. The standard InChI is InChI=1S/C8H13N3O2/c1-3-4-10-5-8(13)11-6-7(12)9-2/h1,10H,4-6H2,2H3,(H,9,12)(H,11,13). The van der Waals surface area contributed by atoms with Crippen molar-refractivity contribution in [3.05, 3.63) is 0 Å². The van der Waals surface area contributed by atoms with Gasteiger partial charge in [0.25, 0.3) is 0 Å². The minimum atomic E-state index is -0.251. The third-order valence-corrected chi connectivity index (χ3v) is 1.24. The van der Waals surface area contributed by atoms with Gasteiger partial charge in [0.15, 0.2) is 0 Å². The van der Waals surface area contributed by atoms with E-state index in [2.05, 4.69) is 21.9 Å². The predicted octanol–water partition coefficient (Wildman–Crippen LogP) is -1.93. The van der Waals surface area contributed by atoms with E-state index in [-0.39, 0.29) is 24.9 Å². The van der Waals surface area contributed by atoms with Crippen LogP contribution in [0.4, 0.5) is 0 Å². The van der Waals surface area contributed by atoms with Gasteiger partial charge in [-0.15, -0.1) is 6.42 Å². The van der Waals surface area contributed by atoms with Crippen LogP contribution in [0.3, 0.4) is 0 Å². The van der Waals surface area contributed by atoms with Crippen molar-refractivity contribution in [3.8, 4) is 12.3 Å². The van der Waals surface area contributed by atoms with E-state index in [1.807, 2.05) is 0 Å². The average molecular weight is 183 g/mol. The van der Waals surface area contributed by atoms with Crippen LogP contribution < -0.4 is 16.0 Å². The maximum Gasteiger partial charge on any atom is 0.239 e. The van der Waals surface area contributed by atoms with E-state index in [0.717, 1.165) is 0 Å². The molecular weight excluding hydrogens is 170 g/mol. The highest BCUT2D eigenvalue weighted by molar-refractivity contribution is 5.85. The molecule has 0 bridgehead atoms. The van der Waals surface area contributed by atoms with Crippen molar-refractivity contribution in [2.45, 2.75) is 0 Å². The Labute approximate surface area is 77.3 Å². The fourth-order valence-electron chi connectivity index (χ4n) is 0.578. The molecule has 0 unspecified atom stereocenters. The summed E-state index contributed by atoms with van der Waals surface area (Å²) < 4.78 is 0. The van der Waals surface area contributed by atoms with E-state index in [1.54, 1.807) is 0 Å². The van der Waals surface area contributed by atoms with Crippen LogP contribution in [-0.4, -0.2) is 38.5 Å². The molecule has 72 valence electrons. The van der Waals surface area contributed by atoms with Crippen LogP contribution in [0.25, 0.3) is 0 Å². The van der Waals surface area contributed by atoms with Gasteiger partial charge in [0.2, 0.25) is 11.8 Å². The van der Waals surface area contributed by atoms with Crippen molar-refractivity contribution in [2.24, 2.45) is 0 Å². The second kappa shape index (κ2) is 7.13. The average Bonchev–Trinajstić information content (AvgIpc) is 2.14. The number of carbonyl (C=O) groups excluding carboxylic acids is 2. The van der Waals surface area contributed by atoms with E-state index in [4.69, 9.17) is 6.42 Å². The highest BCUT2D eigenvalue weighted by atomic mass is 16.2. The molecule has 0 aromatic rings. The molecule has 13 heavy (non-hydrogen) atoms. The van der Waals surface area contributed by atoms with Crippen molar-refractivity contribution in [1.82, 2.24) is 16.0 Å².